The fourth-order valence-corrected chi connectivity index (χ4v) is 4.30. The molecule has 2 aromatic rings. The highest BCUT2D eigenvalue weighted by molar-refractivity contribution is 5.59. The van der Waals surface area contributed by atoms with Crippen LogP contribution in [0.1, 0.15) is 62.4 Å². The first-order valence-electron chi connectivity index (χ1n) is 9.61. The number of nitro groups is 1. The average molecular weight is 366 g/mol. The second-order valence-corrected chi connectivity index (χ2v) is 8.62. The number of nitrogens with one attached hydrogen (secondary N) is 1. The number of non-ortho nitro benzene ring substituents is 1. The highest BCUT2D eigenvalue weighted by atomic mass is 16.6. The summed E-state index contributed by atoms with van der Waals surface area (Å²) in [4.78, 5) is 10.9. The van der Waals surface area contributed by atoms with Crippen molar-refractivity contribution in [2.24, 2.45) is 5.92 Å². The van der Waals surface area contributed by atoms with Crippen molar-refractivity contribution in [2.45, 2.75) is 51.2 Å². The molecule has 5 nitrogen and oxygen atoms in total. The number of hydrogen-bond acceptors (Lipinski definition) is 4. The Balaban J connectivity index is 1.77. The molecular formula is C22H26N2O3. The Morgan fingerprint density at radius 2 is 2.00 bits per heavy atom. The monoisotopic (exact) mass is 366 g/mol. The van der Waals surface area contributed by atoms with Gasteiger partial charge in [-0.3, -0.25) is 10.1 Å². The third-order valence-electron chi connectivity index (χ3n) is 5.77. The minimum absolute atomic E-state index is 0.0168. The van der Waals surface area contributed by atoms with Crippen LogP contribution in [0, 0.1) is 16.0 Å². The Hall–Kier alpha value is -2.40. The minimum Gasteiger partial charge on any atom is -0.378 e. The maximum Gasteiger partial charge on any atom is 0.269 e. The van der Waals surface area contributed by atoms with Crippen LogP contribution in [0.25, 0.3) is 0 Å². The van der Waals surface area contributed by atoms with Gasteiger partial charge in [0, 0.05) is 35.9 Å². The standard InChI is InChI=1S/C22H26N2O3/c1-22(2,3)15-9-10-19-18(13-15)21-17(8-5-11-27-21)20(23-19)14-6-4-7-16(12-14)24(25)26/h4,6-7,9-10,12-13,17,20-21,23H,5,8,11H2,1-3H3. The van der Waals surface area contributed by atoms with E-state index in [9.17, 15) is 10.1 Å². The molecule has 4 rings (SSSR count). The molecule has 0 aliphatic carbocycles. The van der Waals surface area contributed by atoms with Crippen molar-refractivity contribution >= 4 is 11.4 Å². The van der Waals surface area contributed by atoms with E-state index in [0.717, 1.165) is 30.7 Å². The fourth-order valence-electron chi connectivity index (χ4n) is 4.30. The van der Waals surface area contributed by atoms with Crippen LogP contribution in [-0.4, -0.2) is 11.5 Å². The molecule has 3 atom stereocenters. The van der Waals surface area contributed by atoms with Gasteiger partial charge in [-0.25, -0.2) is 0 Å². The molecule has 0 bridgehead atoms. The van der Waals surface area contributed by atoms with Gasteiger partial charge in [0.05, 0.1) is 17.1 Å². The largest absolute Gasteiger partial charge is 0.378 e. The summed E-state index contributed by atoms with van der Waals surface area (Å²) in [5.74, 6) is 0.267. The van der Waals surface area contributed by atoms with Crippen LogP contribution in [0.3, 0.4) is 0 Å². The number of rotatable bonds is 2. The first kappa shape index (κ1) is 18.0. The van der Waals surface area contributed by atoms with Gasteiger partial charge in [-0.15, -0.1) is 0 Å². The Labute approximate surface area is 159 Å². The quantitative estimate of drug-likeness (QED) is 0.561. The molecule has 0 radical (unpaired) electrons. The van der Waals surface area contributed by atoms with Gasteiger partial charge in [0.2, 0.25) is 0 Å². The summed E-state index contributed by atoms with van der Waals surface area (Å²) >= 11 is 0. The molecule has 0 spiro atoms. The van der Waals surface area contributed by atoms with E-state index in [-0.39, 0.29) is 34.1 Å². The highest BCUT2D eigenvalue weighted by Crippen LogP contribution is 2.50. The van der Waals surface area contributed by atoms with Gasteiger partial charge in [0.15, 0.2) is 0 Å². The second kappa shape index (κ2) is 6.64. The van der Waals surface area contributed by atoms with Gasteiger partial charge in [-0.2, -0.15) is 0 Å². The molecular weight excluding hydrogens is 340 g/mol. The van der Waals surface area contributed by atoms with E-state index in [1.165, 1.54) is 11.1 Å². The van der Waals surface area contributed by atoms with Crippen LogP contribution in [0.4, 0.5) is 11.4 Å². The lowest BCUT2D eigenvalue weighted by Gasteiger charge is -2.43. The lowest BCUT2D eigenvalue weighted by atomic mass is 9.76. The van der Waals surface area contributed by atoms with Gasteiger partial charge in [0.1, 0.15) is 0 Å². The lowest BCUT2D eigenvalue weighted by molar-refractivity contribution is -0.384. The predicted molar refractivity (Wildman–Crippen MR) is 106 cm³/mol. The molecule has 0 aromatic heterocycles. The molecule has 2 heterocycles. The van der Waals surface area contributed by atoms with E-state index < -0.39 is 0 Å². The molecule has 0 amide bonds. The fraction of sp³-hybridized carbons (Fsp3) is 0.455. The van der Waals surface area contributed by atoms with E-state index >= 15 is 0 Å². The molecule has 2 aliphatic rings. The molecule has 142 valence electrons. The van der Waals surface area contributed by atoms with Crippen molar-refractivity contribution in [3.63, 3.8) is 0 Å². The van der Waals surface area contributed by atoms with Crippen molar-refractivity contribution in [3.8, 4) is 0 Å². The van der Waals surface area contributed by atoms with E-state index in [1.54, 1.807) is 18.2 Å². The molecule has 27 heavy (non-hydrogen) atoms. The van der Waals surface area contributed by atoms with Crippen molar-refractivity contribution in [1.82, 2.24) is 0 Å². The molecule has 0 saturated carbocycles. The van der Waals surface area contributed by atoms with Gasteiger partial charge in [-0.1, -0.05) is 45.0 Å². The van der Waals surface area contributed by atoms with Gasteiger partial charge in [-0.05, 0) is 35.4 Å². The summed E-state index contributed by atoms with van der Waals surface area (Å²) in [5, 5.41) is 14.9. The maximum atomic E-state index is 11.2. The number of fused-ring (bicyclic) bond motifs is 3. The van der Waals surface area contributed by atoms with Crippen LogP contribution < -0.4 is 5.32 Å². The first-order chi connectivity index (χ1) is 12.8. The van der Waals surface area contributed by atoms with Gasteiger partial charge in [0.25, 0.3) is 5.69 Å². The molecule has 2 aromatic carbocycles. The highest BCUT2D eigenvalue weighted by Gasteiger charge is 2.40. The van der Waals surface area contributed by atoms with Crippen LogP contribution >= 0.6 is 0 Å². The smallest absolute Gasteiger partial charge is 0.269 e. The number of nitrogens with zero attached hydrogens (tertiary/aromatic N) is 1. The third-order valence-corrected chi connectivity index (χ3v) is 5.77. The molecule has 2 aliphatic heterocycles. The summed E-state index contributed by atoms with van der Waals surface area (Å²) in [6.45, 7) is 7.42. The van der Waals surface area contributed by atoms with E-state index in [0.29, 0.717) is 0 Å². The van der Waals surface area contributed by atoms with Gasteiger partial charge >= 0.3 is 0 Å². The zero-order valence-electron chi connectivity index (χ0n) is 16.1. The summed E-state index contributed by atoms with van der Waals surface area (Å²) in [7, 11) is 0. The SMILES string of the molecule is CC(C)(C)c1ccc2c(c1)C1OCCCC1C(c1cccc([N+](=O)[O-])c1)N2. The molecule has 1 fully saturated rings. The van der Waals surface area contributed by atoms with Crippen molar-refractivity contribution in [3.05, 3.63) is 69.3 Å². The summed E-state index contributed by atoms with van der Waals surface area (Å²) in [6.07, 6.45) is 2.09. The summed E-state index contributed by atoms with van der Waals surface area (Å²) in [5.41, 5.74) is 4.75. The van der Waals surface area contributed by atoms with E-state index in [2.05, 4.69) is 44.3 Å². The molecule has 3 unspecified atom stereocenters. The van der Waals surface area contributed by atoms with E-state index in [1.807, 2.05) is 6.07 Å². The Bertz CT molecular complexity index is 872. The minimum atomic E-state index is -0.329. The van der Waals surface area contributed by atoms with Crippen LogP contribution in [0.2, 0.25) is 0 Å². The predicted octanol–water partition coefficient (Wildman–Crippen LogP) is 5.53. The lowest BCUT2D eigenvalue weighted by Crippen LogP contribution is -2.36. The van der Waals surface area contributed by atoms with Crippen molar-refractivity contribution < 1.29 is 9.66 Å². The normalized spacial score (nSPS) is 24.5. The number of ether oxygens (including phenoxy) is 1. The maximum absolute atomic E-state index is 11.2. The Kier molecular flexibility index (Phi) is 4.42. The molecule has 1 saturated heterocycles. The average Bonchev–Trinajstić information content (AvgIpc) is 2.66. The van der Waals surface area contributed by atoms with E-state index in [4.69, 9.17) is 4.74 Å². The third kappa shape index (κ3) is 3.32. The Morgan fingerprint density at radius 1 is 1.19 bits per heavy atom. The number of hydrogen-bond donors (Lipinski definition) is 1. The summed E-state index contributed by atoms with van der Waals surface area (Å²) < 4.78 is 6.23. The summed E-state index contributed by atoms with van der Waals surface area (Å²) in [6, 6.07) is 13.6. The topological polar surface area (TPSA) is 64.4 Å². The van der Waals surface area contributed by atoms with Crippen molar-refractivity contribution in [2.75, 3.05) is 11.9 Å². The van der Waals surface area contributed by atoms with Crippen LogP contribution in [-0.2, 0) is 10.2 Å². The first-order valence-corrected chi connectivity index (χ1v) is 9.61. The van der Waals surface area contributed by atoms with Gasteiger partial charge < -0.3 is 10.1 Å². The zero-order chi connectivity index (χ0) is 19.2. The van der Waals surface area contributed by atoms with Crippen LogP contribution in [0.5, 0.6) is 0 Å². The number of nitro benzene ring substituents is 1. The number of anilines is 1. The van der Waals surface area contributed by atoms with Crippen LogP contribution in [0.15, 0.2) is 42.5 Å². The number of benzene rings is 2. The molecule has 5 heteroatoms. The van der Waals surface area contributed by atoms with Crippen molar-refractivity contribution in [1.29, 1.82) is 0 Å². The molecule has 1 N–H and O–H groups in total. The second-order valence-electron chi connectivity index (χ2n) is 8.62. The zero-order valence-corrected chi connectivity index (χ0v) is 16.1. The Morgan fingerprint density at radius 3 is 2.74 bits per heavy atom.